The zero-order valence-corrected chi connectivity index (χ0v) is 14.0. The predicted octanol–water partition coefficient (Wildman–Crippen LogP) is 2.64. The van der Waals surface area contributed by atoms with Gasteiger partial charge in [-0.3, -0.25) is 0 Å². The van der Waals surface area contributed by atoms with Crippen LogP contribution >= 0.6 is 39.9 Å². The van der Waals surface area contributed by atoms with Gasteiger partial charge in [-0.05, 0) is 40.9 Å². The molecule has 1 aliphatic rings. The highest BCUT2D eigenvalue weighted by Gasteiger charge is 2.35. The maximum Gasteiger partial charge on any atom is 0.244 e. The van der Waals surface area contributed by atoms with Crippen molar-refractivity contribution in [3.63, 3.8) is 0 Å². The van der Waals surface area contributed by atoms with Crippen LogP contribution in [-0.4, -0.2) is 31.9 Å². The van der Waals surface area contributed by atoms with Crippen LogP contribution in [0.2, 0.25) is 5.02 Å². The Labute approximate surface area is 132 Å². The fourth-order valence-electron chi connectivity index (χ4n) is 2.17. The molecule has 108 valence electrons. The van der Waals surface area contributed by atoms with Gasteiger partial charge in [0.2, 0.25) is 10.0 Å². The lowest BCUT2D eigenvalue weighted by atomic mass is 10.2. The lowest BCUT2D eigenvalue weighted by Crippen LogP contribution is -2.39. The summed E-state index contributed by atoms with van der Waals surface area (Å²) in [5.74, 6) is 0. The minimum absolute atomic E-state index is 0. The van der Waals surface area contributed by atoms with Crippen LogP contribution in [0.15, 0.2) is 27.6 Å². The van der Waals surface area contributed by atoms with Gasteiger partial charge in [-0.1, -0.05) is 17.7 Å². The number of hydrogen-bond acceptors (Lipinski definition) is 3. The van der Waals surface area contributed by atoms with Gasteiger partial charge >= 0.3 is 0 Å². The van der Waals surface area contributed by atoms with Gasteiger partial charge in [-0.25, -0.2) is 8.42 Å². The molecule has 1 saturated heterocycles. The van der Waals surface area contributed by atoms with Gasteiger partial charge in [0.25, 0.3) is 0 Å². The van der Waals surface area contributed by atoms with Crippen LogP contribution in [0.5, 0.6) is 0 Å². The molecule has 0 radical (unpaired) electrons. The van der Waals surface area contributed by atoms with E-state index in [0.29, 0.717) is 17.6 Å². The molecule has 0 spiro atoms. The van der Waals surface area contributed by atoms with Crippen molar-refractivity contribution >= 4 is 50.0 Å². The summed E-state index contributed by atoms with van der Waals surface area (Å²) in [5.41, 5.74) is 5.62. The summed E-state index contributed by atoms with van der Waals surface area (Å²) in [7, 11) is -3.56. The van der Waals surface area contributed by atoms with Crippen LogP contribution in [-0.2, 0) is 10.0 Å². The van der Waals surface area contributed by atoms with Crippen molar-refractivity contribution in [1.29, 1.82) is 0 Å². The van der Waals surface area contributed by atoms with Gasteiger partial charge in [0, 0.05) is 23.6 Å². The van der Waals surface area contributed by atoms with Crippen molar-refractivity contribution in [2.24, 2.45) is 5.73 Å². The molecule has 0 saturated carbocycles. The molecule has 0 amide bonds. The average molecular weight is 390 g/mol. The van der Waals surface area contributed by atoms with Crippen molar-refractivity contribution in [3.8, 4) is 0 Å². The first-order chi connectivity index (χ1) is 8.48. The molecule has 0 aromatic heterocycles. The quantitative estimate of drug-likeness (QED) is 0.864. The van der Waals surface area contributed by atoms with E-state index in [-0.39, 0.29) is 28.4 Å². The highest BCUT2D eigenvalue weighted by atomic mass is 79.9. The molecule has 2 rings (SSSR count). The van der Waals surface area contributed by atoms with Crippen LogP contribution in [0.25, 0.3) is 0 Å². The first-order valence-electron chi connectivity index (χ1n) is 5.64. The Hall–Kier alpha value is 0.150. The fraction of sp³-hybridized carbons (Fsp3) is 0.455. The first kappa shape index (κ1) is 17.2. The van der Waals surface area contributed by atoms with Crippen LogP contribution in [0.1, 0.15) is 12.8 Å². The summed E-state index contributed by atoms with van der Waals surface area (Å²) < 4.78 is 27.1. The van der Waals surface area contributed by atoms with Crippen LogP contribution in [0.4, 0.5) is 0 Å². The molecule has 19 heavy (non-hydrogen) atoms. The molecule has 1 unspecified atom stereocenters. The van der Waals surface area contributed by atoms with Gasteiger partial charge < -0.3 is 5.73 Å². The minimum atomic E-state index is -3.56. The van der Waals surface area contributed by atoms with E-state index in [1.165, 1.54) is 10.4 Å². The molecule has 2 N–H and O–H groups in total. The summed E-state index contributed by atoms with van der Waals surface area (Å²) in [5, 5.41) is 0.222. The van der Waals surface area contributed by atoms with Crippen molar-refractivity contribution in [2.45, 2.75) is 23.8 Å². The molecule has 1 fully saturated rings. The number of rotatable bonds is 3. The highest BCUT2D eigenvalue weighted by molar-refractivity contribution is 9.10. The van der Waals surface area contributed by atoms with Gasteiger partial charge in [0.1, 0.15) is 4.90 Å². The van der Waals surface area contributed by atoms with Gasteiger partial charge in [-0.2, -0.15) is 4.31 Å². The van der Waals surface area contributed by atoms with Crippen molar-refractivity contribution in [1.82, 2.24) is 4.31 Å². The van der Waals surface area contributed by atoms with Crippen molar-refractivity contribution < 1.29 is 8.42 Å². The second kappa shape index (κ2) is 6.74. The molecule has 1 heterocycles. The molecule has 1 aromatic carbocycles. The number of hydrogen-bond donors (Lipinski definition) is 1. The Morgan fingerprint density at radius 2 is 2.16 bits per heavy atom. The second-order valence-corrected chi connectivity index (χ2v) is 7.29. The summed E-state index contributed by atoms with van der Waals surface area (Å²) >= 11 is 9.30. The maximum atomic E-state index is 12.5. The standard InChI is InChI=1S/C11H14BrClN2O2S.ClH/c12-9-4-1-5-10(11(9)13)18(16,17)15-6-2-3-8(15)7-14;/h1,4-5,8H,2-3,6-7,14H2;1H. The Balaban J connectivity index is 0.00000180. The molecule has 1 aromatic rings. The number of halogens is 3. The topological polar surface area (TPSA) is 63.4 Å². The lowest BCUT2D eigenvalue weighted by molar-refractivity contribution is 0.393. The largest absolute Gasteiger partial charge is 0.329 e. The SMILES string of the molecule is Cl.NCC1CCCN1S(=O)(=O)c1cccc(Br)c1Cl. The molecule has 1 atom stereocenters. The summed E-state index contributed by atoms with van der Waals surface area (Å²) in [6.45, 7) is 0.845. The molecule has 4 nitrogen and oxygen atoms in total. The van der Waals surface area contributed by atoms with E-state index in [0.717, 1.165) is 12.8 Å². The van der Waals surface area contributed by atoms with E-state index < -0.39 is 10.0 Å². The number of sulfonamides is 1. The van der Waals surface area contributed by atoms with E-state index in [1.54, 1.807) is 12.1 Å². The van der Waals surface area contributed by atoms with E-state index >= 15 is 0 Å². The first-order valence-corrected chi connectivity index (χ1v) is 8.25. The van der Waals surface area contributed by atoms with Gasteiger partial charge in [-0.15, -0.1) is 12.4 Å². The van der Waals surface area contributed by atoms with Crippen LogP contribution in [0.3, 0.4) is 0 Å². The van der Waals surface area contributed by atoms with Crippen molar-refractivity contribution in [2.75, 3.05) is 13.1 Å². The summed E-state index contributed by atoms with van der Waals surface area (Å²) in [4.78, 5) is 0.138. The van der Waals surface area contributed by atoms with E-state index in [4.69, 9.17) is 17.3 Å². The Bertz CT molecular complexity index is 554. The van der Waals surface area contributed by atoms with Crippen LogP contribution in [0, 0.1) is 0 Å². The monoisotopic (exact) mass is 388 g/mol. The highest BCUT2D eigenvalue weighted by Crippen LogP contribution is 2.33. The molecular formula is C11H15BrCl2N2O2S. The summed E-state index contributed by atoms with van der Waals surface area (Å²) in [6.07, 6.45) is 1.65. The molecule has 1 aliphatic heterocycles. The Morgan fingerprint density at radius 1 is 1.47 bits per heavy atom. The summed E-state index contributed by atoms with van der Waals surface area (Å²) in [6, 6.07) is 4.78. The van der Waals surface area contributed by atoms with Crippen molar-refractivity contribution in [3.05, 3.63) is 27.7 Å². The van der Waals surface area contributed by atoms with E-state index in [2.05, 4.69) is 15.9 Å². The zero-order valence-electron chi connectivity index (χ0n) is 10.1. The van der Waals surface area contributed by atoms with Crippen LogP contribution < -0.4 is 5.73 Å². The Morgan fingerprint density at radius 3 is 2.79 bits per heavy atom. The molecule has 0 aliphatic carbocycles. The molecular weight excluding hydrogens is 375 g/mol. The normalized spacial score (nSPS) is 20.3. The Kier molecular flexibility index (Phi) is 6.10. The number of nitrogens with zero attached hydrogens (tertiary/aromatic N) is 1. The average Bonchev–Trinajstić information content (AvgIpc) is 2.81. The number of benzene rings is 1. The van der Waals surface area contributed by atoms with E-state index in [9.17, 15) is 8.42 Å². The predicted molar refractivity (Wildman–Crippen MR) is 82.4 cm³/mol. The second-order valence-electron chi connectivity index (χ2n) is 4.20. The van der Waals surface area contributed by atoms with Gasteiger partial charge in [0.05, 0.1) is 5.02 Å². The van der Waals surface area contributed by atoms with Gasteiger partial charge in [0.15, 0.2) is 0 Å². The lowest BCUT2D eigenvalue weighted by Gasteiger charge is -2.23. The smallest absolute Gasteiger partial charge is 0.244 e. The number of nitrogens with two attached hydrogens (primary N) is 1. The molecule has 8 heteroatoms. The fourth-order valence-corrected chi connectivity index (χ4v) is 4.88. The minimum Gasteiger partial charge on any atom is -0.329 e. The third-order valence-electron chi connectivity index (χ3n) is 3.10. The molecule has 0 bridgehead atoms. The zero-order chi connectivity index (χ0) is 13.3. The van der Waals surface area contributed by atoms with E-state index in [1.807, 2.05) is 0 Å². The third kappa shape index (κ3) is 3.25. The third-order valence-corrected chi connectivity index (χ3v) is 6.50. The maximum absolute atomic E-state index is 12.5.